The smallest absolute Gasteiger partial charge is 0.0952 e. The molecule has 0 spiro atoms. The summed E-state index contributed by atoms with van der Waals surface area (Å²) in [5, 5.41) is 1.07. The summed E-state index contributed by atoms with van der Waals surface area (Å²) in [6.07, 6.45) is 1.81. The van der Waals surface area contributed by atoms with Crippen molar-refractivity contribution in [3.8, 4) is 0 Å². The molecule has 0 unspecified atom stereocenters. The molecule has 0 bridgehead atoms. The Labute approximate surface area is 125 Å². The number of pyridine rings is 1. The van der Waals surface area contributed by atoms with Crippen LogP contribution in [-0.4, -0.2) is 12.0 Å². The van der Waals surface area contributed by atoms with E-state index in [1.165, 1.54) is 16.8 Å². The molecule has 106 valence electrons. The predicted octanol–water partition coefficient (Wildman–Crippen LogP) is 4.20. The number of hydrogen-bond acceptors (Lipinski definition) is 3. The molecule has 0 aliphatic rings. The number of benzene rings is 2. The highest BCUT2D eigenvalue weighted by Gasteiger charge is 2.11. The van der Waals surface area contributed by atoms with Crippen molar-refractivity contribution in [3.05, 3.63) is 59.8 Å². The van der Waals surface area contributed by atoms with Gasteiger partial charge in [-0.15, -0.1) is 0 Å². The number of aromatic nitrogens is 1. The number of nitrogens with two attached hydrogens (primary N) is 1. The predicted molar refractivity (Wildman–Crippen MR) is 90.1 cm³/mol. The third kappa shape index (κ3) is 2.31. The first-order valence-electron chi connectivity index (χ1n) is 7.02. The van der Waals surface area contributed by atoms with Crippen molar-refractivity contribution in [1.29, 1.82) is 0 Å². The number of nitrogen functional groups attached to an aromatic ring is 1. The molecule has 2 N–H and O–H groups in total. The molecule has 3 rings (SSSR count). The maximum absolute atomic E-state index is 6.03. The number of hydrogen-bond donors (Lipinski definition) is 1. The van der Waals surface area contributed by atoms with Gasteiger partial charge in [0.2, 0.25) is 0 Å². The van der Waals surface area contributed by atoms with Crippen LogP contribution in [0.5, 0.6) is 0 Å². The minimum absolute atomic E-state index is 0.711. The second-order valence-corrected chi connectivity index (χ2v) is 5.42. The highest BCUT2D eigenvalue weighted by molar-refractivity contribution is 5.99. The Hall–Kier alpha value is -2.55. The highest BCUT2D eigenvalue weighted by atomic mass is 15.1. The minimum atomic E-state index is 0.711. The molecule has 0 aliphatic heterocycles. The van der Waals surface area contributed by atoms with Crippen LogP contribution in [0.15, 0.2) is 48.7 Å². The first-order valence-corrected chi connectivity index (χ1v) is 7.02. The van der Waals surface area contributed by atoms with E-state index < -0.39 is 0 Å². The van der Waals surface area contributed by atoms with Crippen molar-refractivity contribution >= 4 is 28.0 Å². The van der Waals surface area contributed by atoms with E-state index in [1.54, 1.807) is 0 Å². The van der Waals surface area contributed by atoms with Crippen LogP contribution in [0, 0.1) is 13.8 Å². The summed E-state index contributed by atoms with van der Waals surface area (Å²) in [5.74, 6) is 0. The van der Waals surface area contributed by atoms with Crippen LogP contribution in [-0.2, 0) is 0 Å². The fourth-order valence-electron chi connectivity index (χ4n) is 2.79. The van der Waals surface area contributed by atoms with E-state index in [2.05, 4.69) is 55.0 Å². The normalized spacial score (nSPS) is 10.8. The van der Waals surface area contributed by atoms with E-state index in [9.17, 15) is 0 Å². The largest absolute Gasteiger partial charge is 0.397 e. The van der Waals surface area contributed by atoms with Gasteiger partial charge < -0.3 is 10.6 Å². The van der Waals surface area contributed by atoms with Crippen LogP contribution in [0.3, 0.4) is 0 Å². The lowest BCUT2D eigenvalue weighted by Crippen LogP contribution is -2.11. The summed E-state index contributed by atoms with van der Waals surface area (Å²) >= 11 is 0. The average molecular weight is 277 g/mol. The SMILES string of the molecule is Cc1ccc(N(C)c2ccnc3c(N)cccc23)c(C)c1. The van der Waals surface area contributed by atoms with Crippen LogP contribution in [0.4, 0.5) is 17.1 Å². The van der Waals surface area contributed by atoms with E-state index in [0.717, 1.165) is 16.6 Å². The molecule has 2 aromatic carbocycles. The monoisotopic (exact) mass is 277 g/mol. The number of aryl methyl sites for hydroxylation is 2. The highest BCUT2D eigenvalue weighted by Crippen LogP contribution is 2.33. The molecule has 0 atom stereocenters. The van der Waals surface area contributed by atoms with Gasteiger partial charge in [-0.25, -0.2) is 0 Å². The van der Waals surface area contributed by atoms with Crippen LogP contribution in [0.1, 0.15) is 11.1 Å². The minimum Gasteiger partial charge on any atom is -0.397 e. The van der Waals surface area contributed by atoms with Gasteiger partial charge in [-0.2, -0.15) is 0 Å². The quantitative estimate of drug-likeness (QED) is 0.714. The second kappa shape index (κ2) is 5.09. The van der Waals surface area contributed by atoms with Crippen LogP contribution in [0.2, 0.25) is 0 Å². The van der Waals surface area contributed by atoms with Crippen LogP contribution < -0.4 is 10.6 Å². The van der Waals surface area contributed by atoms with Crippen molar-refractivity contribution in [2.45, 2.75) is 13.8 Å². The van der Waals surface area contributed by atoms with E-state index in [0.29, 0.717) is 5.69 Å². The van der Waals surface area contributed by atoms with Gasteiger partial charge in [0.05, 0.1) is 16.9 Å². The Balaban J connectivity index is 2.18. The first-order chi connectivity index (χ1) is 10.1. The Morgan fingerprint density at radius 3 is 2.57 bits per heavy atom. The van der Waals surface area contributed by atoms with E-state index in [1.807, 2.05) is 24.4 Å². The third-order valence-electron chi connectivity index (χ3n) is 3.85. The molecular formula is C18H19N3. The molecule has 3 nitrogen and oxygen atoms in total. The van der Waals surface area contributed by atoms with Gasteiger partial charge >= 0.3 is 0 Å². The average Bonchev–Trinajstić information content (AvgIpc) is 2.46. The summed E-state index contributed by atoms with van der Waals surface area (Å²) in [7, 11) is 2.08. The fraction of sp³-hybridized carbons (Fsp3) is 0.167. The fourth-order valence-corrected chi connectivity index (χ4v) is 2.79. The van der Waals surface area contributed by atoms with E-state index in [4.69, 9.17) is 5.73 Å². The molecular weight excluding hydrogens is 258 g/mol. The number of anilines is 3. The maximum Gasteiger partial charge on any atom is 0.0952 e. The molecule has 0 aliphatic carbocycles. The lowest BCUT2D eigenvalue weighted by Gasteiger charge is -2.23. The van der Waals surface area contributed by atoms with Crippen molar-refractivity contribution in [2.75, 3.05) is 17.7 Å². The Bertz CT molecular complexity index is 809. The summed E-state index contributed by atoms with van der Waals surface area (Å²) < 4.78 is 0. The molecule has 1 aromatic heterocycles. The van der Waals surface area contributed by atoms with Crippen molar-refractivity contribution in [2.24, 2.45) is 0 Å². The maximum atomic E-state index is 6.03. The Morgan fingerprint density at radius 1 is 1.00 bits per heavy atom. The first kappa shape index (κ1) is 13.4. The lowest BCUT2D eigenvalue weighted by atomic mass is 10.1. The molecule has 3 aromatic rings. The van der Waals surface area contributed by atoms with Crippen LogP contribution >= 0.6 is 0 Å². The van der Waals surface area contributed by atoms with Crippen molar-refractivity contribution in [1.82, 2.24) is 4.98 Å². The molecule has 0 amide bonds. The van der Waals surface area contributed by atoms with Gasteiger partial charge in [0.15, 0.2) is 0 Å². The molecule has 21 heavy (non-hydrogen) atoms. The zero-order chi connectivity index (χ0) is 15.0. The summed E-state index contributed by atoms with van der Waals surface area (Å²) in [6.45, 7) is 4.25. The number of para-hydroxylation sites is 1. The Kier molecular flexibility index (Phi) is 3.26. The zero-order valence-corrected chi connectivity index (χ0v) is 12.6. The standard InChI is InChI=1S/C18H19N3/c1-12-7-8-16(13(2)11-12)21(3)17-9-10-20-18-14(17)5-4-6-15(18)19/h4-11H,19H2,1-3H3. The molecule has 1 heterocycles. The summed E-state index contributed by atoms with van der Waals surface area (Å²) in [4.78, 5) is 6.60. The lowest BCUT2D eigenvalue weighted by molar-refractivity contribution is 1.18. The molecule has 0 saturated heterocycles. The van der Waals surface area contributed by atoms with Gasteiger partial charge in [0.25, 0.3) is 0 Å². The van der Waals surface area contributed by atoms with E-state index >= 15 is 0 Å². The molecule has 3 heteroatoms. The zero-order valence-electron chi connectivity index (χ0n) is 12.6. The molecule has 0 radical (unpaired) electrons. The second-order valence-electron chi connectivity index (χ2n) is 5.42. The van der Waals surface area contributed by atoms with E-state index in [-0.39, 0.29) is 0 Å². The van der Waals surface area contributed by atoms with Crippen LogP contribution in [0.25, 0.3) is 10.9 Å². The van der Waals surface area contributed by atoms with Gasteiger partial charge in [-0.05, 0) is 37.6 Å². The topological polar surface area (TPSA) is 42.2 Å². The summed E-state index contributed by atoms with van der Waals surface area (Å²) in [6, 6.07) is 14.4. The Morgan fingerprint density at radius 2 is 1.81 bits per heavy atom. The number of fused-ring (bicyclic) bond motifs is 1. The van der Waals surface area contributed by atoms with Gasteiger partial charge in [0, 0.05) is 24.3 Å². The molecule has 0 saturated carbocycles. The van der Waals surface area contributed by atoms with Crippen molar-refractivity contribution < 1.29 is 0 Å². The van der Waals surface area contributed by atoms with Gasteiger partial charge in [-0.3, -0.25) is 4.98 Å². The summed E-state index contributed by atoms with van der Waals surface area (Å²) in [5.41, 5.74) is 12.4. The van der Waals surface area contributed by atoms with Gasteiger partial charge in [0.1, 0.15) is 0 Å². The number of nitrogens with zero attached hydrogens (tertiary/aromatic N) is 2. The third-order valence-corrected chi connectivity index (χ3v) is 3.85. The number of rotatable bonds is 2. The van der Waals surface area contributed by atoms with Crippen molar-refractivity contribution in [3.63, 3.8) is 0 Å². The molecule has 0 fully saturated rings. The van der Waals surface area contributed by atoms with Gasteiger partial charge in [-0.1, -0.05) is 29.8 Å².